The number of carbonyl (C=O) groups excluding carboxylic acids is 1. The molecule has 0 atom stereocenters. The minimum absolute atomic E-state index is 0.0184. The van der Waals surface area contributed by atoms with E-state index < -0.39 is 4.92 Å². The van der Waals surface area contributed by atoms with Crippen molar-refractivity contribution in [3.63, 3.8) is 0 Å². The van der Waals surface area contributed by atoms with Crippen molar-refractivity contribution in [2.24, 2.45) is 0 Å². The van der Waals surface area contributed by atoms with E-state index in [-0.39, 0.29) is 17.6 Å². The van der Waals surface area contributed by atoms with Gasteiger partial charge in [0.05, 0.1) is 33.8 Å². The number of aromatic nitrogens is 5. The van der Waals surface area contributed by atoms with Gasteiger partial charge in [0.1, 0.15) is 5.82 Å². The molecule has 0 saturated heterocycles. The monoisotopic (exact) mass is 419 g/mol. The van der Waals surface area contributed by atoms with E-state index in [1.54, 1.807) is 44.3 Å². The lowest BCUT2D eigenvalue weighted by Gasteiger charge is -2.11. The second-order valence-electron chi connectivity index (χ2n) is 7.53. The molecule has 3 aromatic heterocycles. The largest absolute Gasteiger partial charge is 0.306 e. The summed E-state index contributed by atoms with van der Waals surface area (Å²) >= 11 is 0. The van der Waals surface area contributed by atoms with Crippen LogP contribution in [0.5, 0.6) is 0 Å². The third-order valence-electron chi connectivity index (χ3n) is 4.87. The number of nitro benzene ring substituents is 1. The lowest BCUT2D eigenvalue weighted by atomic mass is 10.1. The highest BCUT2D eigenvalue weighted by Gasteiger charge is 2.18. The number of non-ortho nitro benzene ring substituents is 1. The van der Waals surface area contributed by atoms with Gasteiger partial charge >= 0.3 is 0 Å². The summed E-state index contributed by atoms with van der Waals surface area (Å²) in [4.78, 5) is 28.1. The molecular weight excluding hydrogens is 398 g/mol. The molecule has 0 bridgehead atoms. The summed E-state index contributed by atoms with van der Waals surface area (Å²) in [7, 11) is 0. The number of anilines is 1. The predicted octanol–water partition coefficient (Wildman–Crippen LogP) is 3.98. The van der Waals surface area contributed by atoms with Gasteiger partial charge in [0.2, 0.25) is 0 Å². The van der Waals surface area contributed by atoms with E-state index in [1.165, 1.54) is 16.8 Å². The number of nitro groups is 1. The molecule has 4 rings (SSSR count). The molecule has 0 spiro atoms. The van der Waals surface area contributed by atoms with E-state index in [2.05, 4.69) is 20.5 Å². The van der Waals surface area contributed by atoms with Gasteiger partial charge < -0.3 is 5.32 Å². The summed E-state index contributed by atoms with van der Waals surface area (Å²) in [6.45, 7) is 7.62. The topological polar surface area (TPSA) is 121 Å². The molecule has 158 valence electrons. The van der Waals surface area contributed by atoms with Crippen LogP contribution in [0.1, 0.15) is 41.6 Å². The van der Waals surface area contributed by atoms with Crippen LogP contribution in [0.15, 0.2) is 42.6 Å². The van der Waals surface area contributed by atoms with E-state index >= 15 is 0 Å². The zero-order chi connectivity index (χ0) is 22.3. The van der Waals surface area contributed by atoms with Crippen molar-refractivity contribution in [3.8, 4) is 5.69 Å². The van der Waals surface area contributed by atoms with Crippen LogP contribution in [0.4, 0.5) is 11.5 Å². The van der Waals surface area contributed by atoms with Crippen molar-refractivity contribution in [2.75, 3.05) is 5.32 Å². The van der Waals surface area contributed by atoms with Gasteiger partial charge in [-0.15, -0.1) is 0 Å². The van der Waals surface area contributed by atoms with E-state index in [1.807, 2.05) is 18.5 Å². The number of nitrogens with zero attached hydrogens (tertiary/aromatic N) is 6. The summed E-state index contributed by atoms with van der Waals surface area (Å²) < 4.78 is 3.35. The fourth-order valence-corrected chi connectivity index (χ4v) is 3.36. The molecule has 0 aliphatic rings. The number of hydrogen-bond donors (Lipinski definition) is 1. The zero-order valence-electron chi connectivity index (χ0n) is 17.5. The molecule has 0 aliphatic heterocycles. The molecule has 10 heteroatoms. The molecule has 0 fully saturated rings. The maximum absolute atomic E-state index is 13.0. The molecule has 0 saturated carbocycles. The third-order valence-corrected chi connectivity index (χ3v) is 4.87. The Morgan fingerprint density at radius 3 is 2.52 bits per heavy atom. The Kier molecular flexibility index (Phi) is 4.97. The molecule has 4 aromatic rings. The first-order chi connectivity index (χ1) is 14.7. The summed E-state index contributed by atoms with van der Waals surface area (Å²) in [6, 6.07) is 9.62. The van der Waals surface area contributed by atoms with Crippen LogP contribution >= 0.6 is 0 Å². The van der Waals surface area contributed by atoms with E-state index in [0.717, 1.165) is 11.0 Å². The van der Waals surface area contributed by atoms with Gasteiger partial charge in [-0.05, 0) is 45.9 Å². The second-order valence-corrected chi connectivity index (χ2v) is 7.53. The molecule has 3 heterocycles. The average Bonchev–Trinajstić information content (AvgIpc) is 3.30. The number of pyridine rings is 1. The Hall–Kier alpha value is -4.08. The molecule has 1 aromatic carbocycles. The number of hydrogen-bond acceptors (Lipinski definition) is 6. The van der Waals surface area contributed by atoms with Crippen molar-refractivity contribution >= 4 is 28.4 Å². The Bertz CT molecular complexity index is 1300. The van der Waals surface area contributed by atoms with E-state index in [4.69, 9.17) is 0 Å². The van der Waals surface area contributed by atoms with Crippen LogP contribution in [0.2, 0.25) is 0 Å². The number of amides is 1. The van der Waals surface area contributed by atoms with E-state index in [0.29, 0.717) is 28.5 Å². The Balaban J connectivity index is 1.66. The van der Waals surface area contributed by atoms with Crippen LogP contribution < -0.4 is 5.32 Å². The SMILES string of the molecule is Cc1cc(NC(=O)c2cc3cnn(C(C)C)c3nc2C)n(-c2ccc([N+](=O)[O-])cc2)n1. The smallest absolute Gasteiger partial charge is 0.269 e. The zero-order valence-corrected chi connectivity index (χ0v) is 17.5. The Morgan fingerprint density at radius 1 is 1.16 bits per heavy atom. The van der Waals surface area contributed by atoms with Crippen LogP contribution in [0, 0.1) is 24.0 Å². The van der Waals surface area contributed by atoms with Crippen molar-refractivity contribution < 1.29 is 9.72 Å². The minimum Gasteiger partial charge on any atom is -0.306 e. The van der Waals surface area contributed by atoms with Gasteiger partial charge in [0.25, 0.3) is 11.6 Å². The predicted molar refractivity (Wildman–Crippen MR) is 116 cm³/mol. The molecule has 31 heavy (non-hydrogen) atoms. The fraction of sp³-hybridized carbons (Fsp3) is 0.238. The standard InChI is InChI=1S/C21H21N7O3/c1-12(2)26-20-15(11-22-26)10-18(14(4)23-20)21(29)24-19-9-13(3)25-27(19)16-5-7-17(8-6-16)28(30)31/h5-12H,1-4H3,(H,24,29). The normalized spacial score (nSPS) is 11.3. The average molecular weight is 419 g/mol. The van der Waals surface area contributed by atoms with Crippen molar-refractivity contribution in [3.05, 3.63) is 69.7 Å². The number of rotatable bonds is 5. The molecule has 0 radical (unpaired) electrons. The summed E-state index contributed by atoms with van der Waals surface area (Å²) in [5.41, 5.74) is 3.02. The highest BCUT2D eigenvalue weighted by Crippen LogP contribution is 2.23. The summed E-state index contributed by atoms with van der Waals surface area (Å²) in [5.74, 6) is 0.126. The third kappa shape index (κ3) is 3.75. The first-order valence-corrected chi connectivity index (χ1v) is 9.72. The molecule has 0 unspecified atom stereocenters. The van der Waals surface area contributed by atoms with Crippen molar-refractivity contribution in [1.82, 2.24) is 24.5 Å². The molecule has 10 nitrogen and oxygen atoms in total. The Morgan fingerprint density at radius 2 is 1.87 bits per heavy atom. The maximum Gasteiger partial charge on any atom is 0.269 e. The van der Waals surface area contributed by atoms with Crippen LogP contribution in [-0.2, 0) is 0 Å². The Labute approximate surface area is 177 Å². The van der Waals surface area contributed by atoms with Gasteiger partial charge in [-0.3, -0.25) is 14.9 Å². The summed E-state index contributed by atoms with van der Waals surface area (Å²) in [6.07, 6.45) is 1.70. The lowest BCUT2D eigenvalue weighted by Crippen LogP contribution is -2.17. The van der Waals surface area contributed by atoms with Crippen LogP contribution in [0.25, 0.3) is 16.7 Å². The molecule has 0 aliphatic carbocycles. The van der Waals surface area contributed by atoms with Gasteiger partial charge in [0, 0.05) is 29.6 Å². The van der Waals surface area contributed by atoms with Crippen molar-refractivity contribution in [1.29, 1.82) is 0 Å². The molecule has 1 amide bonds. The quantitative estimate of drug-likeness (QED) is 0.386. The van der Waals surface area contributed by atoms with Crippen LogP contribution in [0.3, 0.4) is 0 Å². The number of carbonyl (C=O) groups is 1. The first kappa shape index (κ1) is 20.2. The van der Waals surface area contributed by atoms with E-state index in [9.17, 15) is 14.9 Å². The number of nitrogens with one attached hydrogen (secondary N) is 1. The van der Waals surface area contributed by atoms with Gasteiger partial charge in [0.15, 0.2) is 5.65 Å². The fourth-order valence-electron chi connectivity index (χ4n) is 3.36. The maximum atomic E-state index is 13.0. The van der Waals surface area contributed by atoms with Gasteiger partial charge in [-0.2, -0.15) is 10.2 Å². The highest BCUT2D eigenvalue weighted by atomic mass is 16.6. The molecular formula is C21H21N7O3. The number of fused-ring (bicyclic) bond motifs is 1. The lowest BCUT2D eigenvalue weighted by molar-refractivity contribution is -0.384. The number of benzene rings is 1. The van der Waals surface area contributed by atoms with Crippen molar-refractivity contribution in [2.45, 2.75) is 33.7 Å². The molecule has 1 N–H and O–H groups in total. The highest BCUT2D eigenvalue weighted by molar-refractivity contribution is 6.06. The summed E-state index contributed by atoms with van der Waals surface area (Å²) in [5, 5.41) is 23.3. The minimum atomic E-state index is -0.464. The first-order valence-electron chi connectivity index (χ1n) is 9.72. The van der Waals surface area contributed by atoms with Gasteiger partial charge in [-0.1, -0.05) is 0 Å². The van der Waals surface area contributed by atoms with Crippen LogP contribution in [-0.4, -0.2) is 35.4 Å². The number of aryl methyl sites for hydroxylation is 2. The second kappa shape index (κ2) is 7.63. The van der Waals surface area contributed by atoms with Gasteiger partial charge in [-0.25, -0.2) is 14.3 Å².